The van der Waals surface area contributed by atoms with Crippen molar-refractivity contribution in [2.24, 2.45) is 5.73 Å². The van der Waals surface area contributed by atoms with E-state index in [0.717, 1.165) is 16.9 Å². The van der Waals surface area contributed by atoms with Crippen LogP contribution in [-0.2, 0) is 5.54 Å². The summed E-state index contributed by atoms with van der Waals surface area (Å²) in [5.41, 5.74) is 11.6. The van der Waals surface area contributed by atoms with Crippen LogP contribution in [0.1, 0.15) is 36.2 Å². The number of aromatic nitrogens is 2. The summed E-state index contributed by atoms with van der Waals surface area (Å²) in [5, 5.41) is 4.48. The SMILES string of the molecule is Cc1ccc(-n2ncc(C(C)(C)N)c2C)c(C)c1. The van der Waals surface area contributed by atoms with Gasteiger partial charge in [-0.15, -0.1) is 0 Å². The lowest BCUT2D eigenvalue weighted by Gasteiger charge is -2.18. The molecule has 3 heteroatoms. The molecule has 0 fully saturated rings. The largest absolute Gasteiger partial charge is 0.322 e. The summed E-state index contributed by atoms with van der Waals surface area (Å²) in [4.78, 5) is 0. The number of hydrogen-bond donors (Lipinski definition) is 1. The van der Waals surface area contributed by atoms with Gasteiger partial charge < -0.3 is 5.73 Å². The minimum atomic E-state index is -0.360. The van der Waals surface area contributed by atoms with Gasteiger partial charge in [-0.25, -0.2) is 4.68 Å². The molecular formula is C15H21N3. The minimum Gasteiger partial charge on any atom is -0.322 e. The Hall–Kier alpha value is -1.61. The zero-order valence-electron chi connectivity index (χ0n) is 11.8. The molecule has 1 heterocycles. The highest BCUT2D eigenvalue weighted by molar-refractivity contribution is 5.44. The van der Waals surface area contributed by atoms with E-state index in [0.29, 0.717) is 0 Å². The molecule has 0 aliphatic rings. The molecule has 2 rings (SSSR count). The molecule has 2 N–H and O–H groups in total. The van der Waals surface area contributed by atoms with Gasteiger partial charge in [-0.1, -0.05) is 17.7 Å². The van der Waals surface area contributed by atoms with Crippen molar-refractivity contribution < 1.29 is 0 Å². The third-order valence-corrected chi connectivity index (χ3v) is 3.28. The molecule has 0 spiro atoms. The molecule has 18 heavy (non-hydrogen) atoms. The first-order chi connectivity index (χ1) is 8.30. The normalized spacial score (nSPS) is 11.9. The van der Waals surface area contributed by atoms with Crippen molar-refractivity contribution >= 4 is 0 Å². The van der Waals surface area contributed by atoms with Gasteiger partial charge >= 0.3 is 0 Å². The number of rotatable bonds is 2. The Morgan fingerprint density at radius 3 is 2.33 bits per heavy atom. The lowest BCUT2D eigenvalue weighted by atomic mass is 9.96. The molecule has 0 saturated heterocycles. The lowest BCUT2D eigenvalue weighted by molar-refractivity contribution is 0.550. The maximum Gasteiger partial charge on any atom is 0.0678 e. The van der Waals surface area contributed by atoms with Crippen molar-refractivity contribution in [3.8, 4) is 5.69 Å². The molecule has 1 aromatic carbocycles. The van der Waals surface area contributed by atoms with E-state index in [1.54, 1.807) is 0 Å². The molecule has 0 unspecified atom stereocenters. The Morgan fingerprint density at radius 2 is 1.83 bits per heavy atom. The zero-order valence-corrected chi connectivity index (χ0v) is 11.8. The van der Waals surface area contributed by atoms with Crippen molar-refractivity contribution in [2.45, 2.75) is 40.2 Å². The van der Waals surface area contributed by atoms with Crippen LogP contribution in [0.2, 0.25) is 0 Å². The fourth-order valence-electron chi connectivity index (χ4n) is 2.33. The van der Waals surface area contributed by atoms with Crippen molar-refractivity contribution in [1.29, 1.82) is 0 Å². The summed E-state index contributed by atoms with van der Waals surface area (Å²) < 4.78 is 1.97. The van der Waals surface area contributed by atoms with E-state index in [1.165, 1.54) is 11.1 Å². The molecule has 0 saturated carbocycles. The number of hydrogen-bond acceptors (Lipinski definition) is 2. The average Bonchev–Trinajstić information content (AvgIpc) is 2.60. The summed E-state index contributed by atoms with van der Waals surface area (Å²) in [6, 6.07) is 6.39. The van der Waals surface area contributed by atoms with Crippen molar-refractivity contribution in [1.82, 2.24) is 9.78 Å². The highest BCUT2D eigenvalue weighted by Gasteiger charge is 2.21. The second kappa shape index (κ2) is 4.25. The average molecular weight is 243 g/mol. The van der Waals surface area contributed by atoms with Crippen molar-refractivity contribution in [2.75, 3.05) is 0 Å². The predicted molar refractivity (Wildman–Crippen MR) is 75.0 cm³/mol. The monoisotopic (exact) mass is 243 g/mol. The van der Waals surface area contributed by atoms with Gasteiger partial charge in [0.25, 0.3) is 0 Å². The van der Waals surface area contributed by atoms with Crippen LogP contribution in [0.4, 0.5) is 0 Å². The molecular weight excluding hydrogens is 222 g/mol. The molecule has 0 radical (unpaired) electrons. The second-order valence-electron chi connectivity index (χ2n) is 5.57. The Morgan fingerprint density at radius 1 is 1.17 bits per heavy atom. The smallest absolute Gasteiger partial charge is 0.0678 e. The van der Waals surface area contributed by atoms with Crippen LogP contribution >= 0.6 is 0 Å². The Balaban J connectivity index is 2.56. The Bertz CT molecular complexity index is 574. The molecule has 2 aromatic rings. The lowest BCUT2D eigenvalue weighted by Crippen LogP contribution is -2.29. The standard InChI is InChI=1S/C15H21N3/c1-10-6-7-14(11(2)8-10)18-12(3)13(9-17-18)15(4,5)16/h6-9H,16H2,1-5H3. The summed E-state index contributed by atoms with van der Waals surface area (Å²) in [7, 11) is 0. The van der Waals surface area contributed by atoms with Crippen LogP contribution in [0.5, 0.6) is 0 Å². The van der Waals surface area contributed by atoms with Crippen LogP contribution in [-0.4, -0.2) is 9.78 Å². The van der Waals surface area contributed by atoms with Crippen LogP contribution in [0.15, 0.2) is 24.4 Å². The first-order valence-electron chi connectivity index (χ1n) is 6.22. The van der Waals surface area contributed by atoms with Gasteiger partial charge in [0.1, 0.15) is 0 Å². The molecule has 0 atom stereocenters. The molecule has 0 amide bonds. The number of nitrogens with two attached hydrogens (primary N) is 1. The highest BCUT2D eigenvalue weighted by Crippen LogP contribution is 2.24. The van der Waals surface area contributed by atoms with Crippen LogP contribution in [0.25, 0.3) is 5.69 Å². The molecule has 96 valence electrons. The molecule has 0 bridgehead atoms. The molecule has 3 nitrogen and oxygen atoms in total. The Kier molecular flexibility index (Phi) is 3.03. The van der Waals surface area contributed by atoms with Crippen LogP contribution in [0.3, 0.4) is 0 Å². The maximum atomic E-state index is 6.16. The van der Waals surface area contributed by atoms with Gasteiger partial charge in [-0.3, -0.25) is 0 Å². The third kappa shape index (κ3) is 2.18. The number of aryl methyl sites for hydroxylation is 2. The van der Waals surface area contributed by atoms with Crippen molar-refractivity contribution in [3.63, 3.8) is 0 Å². The third-order valence-electron chi connectivity index (χ3n) is 3.28. The predicted octanol–water partition coefficient (Wildman–Crippen LogP) is 2.99. The van der Waals surface area contributed by atoms with E-state index >= 15 is 0 Å². The van der Waals surface area contributed by atoms with E-state index in [2.05, 4.69) is 44.1 Å². The van der Waals surface area contributed by atoms with Crippen molar-refractivity contribution in [3.05, 3.63) is 46.8 Å². The summed E-state index contributed by atoms with van der Waals surface area (Å²) in [6.07, 6.45) is 1.87. The topological polar surface area (TPSA) is 43.8 Å². The molecule has 0 aliphatic heterocycles. The zero-order chi connectivity index (χ0) is 13.5. The van der Waals surface area contributed by atoms with Gasteiger partial charge in [0.2, 0.25) is 0 Å². The second-order valence-corrected chi connectivity index (χ2v) is 5.57. The van der Waals surface area contributed by atoms with Gasteiger partial charge in [-0.2, -0.15) is 5.10 Å². The minimum absolute atomic E-state index is 0.360. The van der Waals surface area contributed by atoms with E-state index in [1.807, 2.05) is 24.7 Å². The summed E-state index contributed by atoms with van der Waals surface area (Å²) in [6.45, 7) is 10.3. The quantitative estimate of drug-likeness (QED) is 0.881. The highest BCUT2D eigenvalue weighted by atomic mass is 15.3. The van der Waals surface area contributed by atoms with Crippen LogP contribution in [0, 0.1) is 20.8 Å². The molecule has 1 aromatic heterocycles. The first kappa shape index (κ1) is 12.8. The molecule has 0 aliphatic carbocycles. The van der Waals surface area contributed by atoms with E-state index in [-0.39, 0.29) is 5.54 Å². The van der Waals surface area contributed by atoms with Gasteiger partial charge in [0.05, 0.1) is 11.9 Å². The number of benzene rings is 1. The van der Waals surface area contributed by atoms with E-state index in [9.17, 15) is 0 Å². The fraction of sp³-hybridized carbons (Fsp3) is 0.400. The fourth-order valence-corrected chi connectivity index (χ4v) is 2.33. The van der Waals surface area contributed by atoms with Crippen LogP contribution < -0.4 is 5.73 Å². The summed E-state index contributed by atoms with van der Waals surface area (Å²) in [5.74, 6) is 0. The van der Waals surface area contributed by atoms with Gasteiger partial charge in [-0.05, 0) is 46.2 Å². The number of nitrogens with zero attached hydrogens (tertiary/aromatic N) is 2. The van der Waals surface area contributed by atoms with E-state index in [4.69, 9.17) is 5.73 Å². The van der Waals surface area contributed by atoms with E-state index < -0.39 is 0 Å². The van der Waals surface area contributed by atoms with Gasteiger partial charge in [0, 0.05) is 16.8 Å². The summed E-state index contributed by atoms with van der Waals surface area (Å²) >= 11 is 0. The first-order valence-corrected chi connectivity index (χ1v) is 6.22. The van der Waals surface area contributed by atoms with Gasteiger partial charge in [0.15, 0.2) is 0 Å². The maximum absolute atomic E-state index is 6.16. The Labute approximate surface area is 109 Å².